The van der Waals surface area contributed by atoms with E-state index in [2.05, 4.69) is 43.5 Å². The molecule has 0 bridgehead atoms. The molecule has 2 N–H and O–H groups in total. The molecule has 0 fully saturated rings. The van der Waals surface area contributed by atoms with Gasteiger partial charge in [-0.3, -0.25) is 4.99 Å². The number of aliphatic imine (C=N–C) groups is 1. The van der Waals surface area contributed by atoms with E-state index in [1.54, 1.807) is 0 Å². The highest BCUT2D eigenvalue weighted by molar-refractivity contribution is 5.79. The van der Waals surface area contributed by atoms with Gasteiger partial charge in [-0.1, -0.05) is 19.9 Å². The van der Waals surface area contributed by atoms with Gasteiger partial charge in [-0.2, -0.15) is 0 Å². The van der Waals surface area contributed by atoms with Gasteiger partial charge in [0, 0.05) is 31.7 Å². The summed E-state index contributed by atoms with van der Waals surface area (Å²) in [5.74, 6) is 2.49. The molecule has 0 radical (unpaired) electrons. The van der Waals surface area contributed by atoms with Crippen LogP contribution in [0, 0.1) is 0 Å². The van der Waals surface area contributed by atoms with Crippen molar-refractivity contribution in [2.45, 2.75) is 39.5 Å². The van der Waals surface area contributed by atoms with Crippen LogP contribution in [-0.2, 0) is 10.2 Å². The van der Waals surface area contributed by atoms with Gasteiger partial charge in [0.1, 0.15) is 13.2 Å². The Kier molecular flexibility index (Phi) is 8.04. The van der Waals surface area contributed by atoms with Gasteiger partial charge in [-0.25, -0.2) is 0 Å². The lowest BCUT2D eigenvalue weighted by atomic mass is 9.84. The molecule has 146 valence electrons. The SMILES string of the molecule is CCNC(=NCC(C)(C)c1ccc2c(c1)OCCO2)NCCCOCC. The van der Waals surface area contributed by atoms with Gasteiger partial charge in [0.2, 0.25) is 0 Å². The molecule has 0 atom stereocenters. The highest BCUT2D eigenvalue weighted by Crippen LogP contribution is 2.35. The fraction of sp³-hybridized carbons (Fsp3) is 0.650. The molecule has 1 aromatic rings. The zero-order chi connectivity index (χ0) is 18.8. The summed E-state index contributed by atoms with van der Waals surface area (Å²) >= 11 is 0. The number of nitrogens with zero attached hydrogens (tertiary/aromatic N) is 1. The van der Waals surface area contributed by atoms with E-state index in [0.29, 0.717) is 19.8 Å². The van der Waals surface area contributed by atoms with Crippen molar-refractivity contribution in [3.63, 3.8) is 0 Å². The highest BCUT2D eigenvalue weighted by atomic mass is 16.6. The number of guanidine groups is 1. The lowest BCUT2D eigenvalue weighted by Crippen LogP contribution is -2.39. The van der Waals surface area contributed by atoms with Gasteiger partial charge in [0.25, 0.3) is 0 Å². The third-order valence-electron chi connectivity index (χ3n) is 4.26. The van der Waals surface area contributed by atoms with E-state index >= 15 is 0 Å². The third kappa shape index (κ3) is 6.09. The Bertz CT molecular complexity index is 588. The van der Waals surface area contributed by atoms with Gasteiger partial charge < -0.3 is 24.8 Å². The fourth-order valence-corrected chi connectivity index (χ4v) is 2.70. The normalized spacial score (nSPS) is 14.2. The summed E-state index contributed by atoms with van der Waals surface area (Å²) in [6, 6.07) is 6.17. The van der Waals surface area contributed by atoms with Crippen LogP contribution in [0.4, 0.5) is 0 Å². The number of benzene rings is 1. The summed E-state index contributed by atoms with van der Waals surface area (Å²) < 4.78 is 16.7. The molecular formula is C20H33N3O3. The van der Waals surface area contributed by atoms with E-state index < -0.39 is 0 Å². The zero-order valence-corrected chi connectivity index (χ0v) is 16.6. The molecular weight excluding hydrogens is 330 g/mol. The van der Waals surface area contributed by atoms with Gasteiger partial charge in [0.05, 0.1) is 6.54 Å². The summed E-state index contributed by atoms with van der Waals surface area (Å²) in [5, 5.41) is 6.67. The minimum Gasteiger partial charge on any atom is -0.486 e. The van der Waals surface area contributed by atoms with Crippen LogP contribution in [0.15, 0.2) is 23.2 Å². The molecule has 0 spiro atoms. The molecule has 6 nitrogen and oxygen atoms in total. The average Bonchev–Trinajstić information content (AvgIpc) is 2.65. The number of hydrogen-bond acceptors (Lipinski definition) is 4. The van der Waals surface area contributed by atoms with Crippen molar-refractivity contribution >= 4 is 5.96 Å². The molecule has 2 rings (SSSR count). The number of hydrogen-bond donors (Lipinski definition) is 2. The van der Waals surface area contributed by atoms with Gasteiger partial charge in [0.15, 0.2) is 17.5 Å². The number of fused-ring (bicyclic) bond motifs is 1. The van der Waals surface area contributed by atoms with Crippen LogP contribution in [0.25, 0.3) is 0 Å². The fourth-order valence-electron chi connectivity index (χ4n) is 2.70. The number of rotatable bonds is 9. The van der Waals surface area contributed by atoms with Crippen LogP contribution in [-0.4, -0.2) is 52.0 Å². The van der Waals surface area contributed by atoms with E-state index in [-0.39, 0.29) is 5.41 Å². The molecule has 1 aliphatic rings. The monoisotopic (exact) mass is 363 g/mol. The van der Waals surface area contributed by atoms with Crippen molar-refractivity contribution in [2.24, 2.45) is 4.99 Å². The predicted octanol–water partition coefficient (Wildman–Crippen LogP) is 2.72. The minimum absolute atomic E-state index is 0.108. The predicted molar refractivity (Wildman–Crippen MR) is 106 cm³/mol. The molecule has 6 heteroatoms. The Labute approximate surface area is 157 Å². The van der Waals surface area contributed by atoms with Crippen LogP contribution in [0.2, 0.25) is 0 Å². The van der Waals surface area contributed by atoms with Crippen molar-refractivity contribution in [2.75, 3.05) is 46.1 Å². The second kappa shape index (κ2) is 10.3. The Hall–Kier alpha value is -1.95. The average molecular weight is 364 g/mol. The van der Waals surface area contributed by atoms with Crippen LogP contribution >= 0.6 is 0 Å². The quantitative estimate of drug-likeness (QED) is 0.401. The summed E-state index contributed by atoms with van der Waals surface area (Å²) in [6.07, 6.45) is 0.962. The molecule has 1 aliphatic heterocycles. The molecule has 0 aromatic heterocycles. The molecule has 1 aromatic carbocycles. The second-order valence-corrected chi connectivity index (χ2v) is 6.91. The Morgan fingerprint density at radius 2 is 1.92 bits per heavy atom. The smallest absolute Gasteiger partial charge is 0.191 e. The Morgan fingerprint density at radius 1 is 1.15 bits per heavy atom. The molecule has 0 aliphatic carbocycles. The van der Waals surface area contributed by atoms with Gasteiger partial charge >= 0.3 is 0 Å². The lowest BCUT2D eigenvalue weighted by molar-refractivity contribution is 0.145. The number of ether oxygens (including phenoxy) is 3. The van der Waals surface area contributed by atoms with Gasteiger partial charge in [-0.05, 0) is 38.0 Å². The standard InChI is InChI=1S/C20H33N3O3/c1-5-21-19(22-10-7-11-24-6-2)23-15-20(3,4)16-8-9-17-18(14-16)26-13-12-25-17/h8-9,14H,5-7,10-13,15H2,1-4H3,(H2,21,22,23). The minimum atomic E-state index is -0.108. The molecule has 26 heavy (non-hydrogen) atoms. The first-order chi connectivity index (χ1) is 12.6. The van der Waals surface area contributed by atoms with E-state index in [4.69, 9.17) is 19.2 Å². The van der Waals surface area contributed by atoms with E-state index in [1.807, 2.05) is 13.0 Å². The van der Waals surface area contributed by atoms with Crippen LogP contribution in [0.3, 0.4) is 0 Å². The summed E-state index contributed by atoms with van der Waals surface area (Å²) in [4.78, 5) is 4.77. The van der Waals surface area contributed by atoms with Crippen LogP contribution in [0.5, 0.6) is 11.5 Å². The number of nitrogens with one attached hydrogen (secondary N) is 2. The topological polar surface area (TPSA) is 64.1 Å². The second-order valence-electron chi connectivity index (χ2n) is 6.91. The van der Waals surface area contributed by atoms with Crippen molar-refractivity contribution in [3.05, 3.63) is 23.8 Å². The molecule has 0 saturated carbocycles. The summed E-state index contributed by atoms with van der Waals surface area (Å²) in [5.41, 5.74) is 1.08. The van der Waals surface area contributed by atoms with E-state index in [9.17, 15) is 0 Å². The van der Waals surface area contributed by atoms with Crippen molar-refractivity contribution in [1.29, 1.82) is 0 Å². The van der Waals surface area contributed by atoms with Gasteiger partial charge in [-0.15, -0.1) is 0 Å². The lowest BCUT2D eigenvalue weighted by Gasteiger charge is -2.26. The molecule has 1 heterocycles. The Morgan fingerprint density at radius 3 is 2.65 bits per heavy atom. The first-order valence-electron chi connectivity index (χ1n) is 9.57. The highest BCUT2D eigenvalue weighted by Gasteiger charge is 2.23. The maximum absolute atomic E-state index is 5.71. The van der Waals surface area contributed by atoms with Crippen LogP contribution < -0.4 is 20.1 Å². The van der Waals surface area contributed by atoms with Crippen molar-refractivity contribution in [1.82, 2.24) is 10.6 Å². The van der Waals surface area contributed by atoms with Crippen LogP contribution in [0.1, 0.15) is 39.7 Å². The Balaban J connectivity index is 1.97. The maximum Gasteiger partial charge on any atom is 0.191 e. The molecule has 0 saturated heterocycles. The maximum atomic E-state index is 5.71. The summed E-state index contributed by atoms with van der Waals surface area (Å²) in [6.45, 7) is 13.6. The van der Waals surface area contributed by atoms with Crippen molar-refractivity contribution in [3.8, 4) is 11.5 Å². The third-order valence-corrected chi connectivity index (χ3v) is 4.26. The largest absolute Gasteiger partial charge is 0.486 e. The van der Waals surface area contributed by atoms with Crippen molar-refractivity contribution < 1.29 is 14.2 Å². The van der Waals surface area contributed by atoms with E-state index in [1.165, 1.54) is 5.56 Å². The first kappa shape index (κ1) is 20.4. The summed E-state index contributed by atoms with van der Waals surface area (Å²) in [7, 11) is 0. The zero-order valence-electron chi connectivity index (χ0n) is 16.6. The molecule has 0 unspecified atom stereocenters. The first-order valence-corrected chi connectivity index (χ1v) is 9.57. The molecule has 0 amide bonds. The van der Waals surface area contributed by atoms with E-state index in [0.717, 1.165) is 50.2 Å².